The first-order chi connectivity index (χ1) is 21.1. The fraction of sp³-hybridized carbons (Fsp3) is 0.167. The summed E-state index contributed by atoms with van der Waals surface area (Å²) in [7, 11) is 1.55. The van der Waals surface area contributed by atoms with Crippen molar-refractivity contribution in [3.8, 4) is 17.2 Å². The molecule has 13 nitrogen and oxygen atoms in total. The second-order valence-electron chi connectivity index (χ2n) is 9.41. The number of nitrogens with zero attached hydrogens (tertiary/aromatic N) is 4. The minimum absolute atomic E-state index is 0.159. The Balaban J connectivity index is 1.51. The molecule has 1 aliphatic rings. The zero-order chi connectivity index (χ0) is 31.5. The van der Waals surface area contributed by atoms with Gasteiger partial charge in [0.2, 0.25) is 5.75 Å². The van der Waals surface area contributed by atoms with Gasteiger partial charge in [-0.05, 0) is 61.4 Å². The number of hydrogen-bond acceptors (Lipinski definition) is 11. The van der Waals surface area contributed by atoms with Crippen LogP contribution in [-0.2, 0) is 9.53 Å². The van der Waals surface area contributed by atoms with Gasteiger partial charge in [-0.1, -0.05) is 35.6 Å². The van der Waals surface area contributed by atoms with E-state index in [0.29, 0.717) is 31.9 Å². The van der Waals surface area contributed by atoms with Crippen LogP contribution >= 0.6 is 11.3 Å². The average molecular weight is 617 g/mol. The summed E-state index contributed by atoms with van der Waals surface area (Å²) in [5, 5.41) is 22.4. The highest BCUT2D eigenvalue weighted by molar-refractivity contribution is 7.07. The van der Waals surface area contributed by atoms with Crippen molar-refractivity contribution in [2.45, 2.75) is 19.9 Å². The normalized spacial score (nSPS) is 14.4. The fourth-order valence-electron chi connectivity index (χ4n) is 4.65. The van der Waals surface area contributed by atoms with E-state index in [4.69, 9.17) is 14.2 Å². The molecular formula is C30H24N4O9S. The first-order valence-corrected chi connectivity index (χ1v) is 14.0. The molecule has 0 fully saturated rings. The van der Waals surface area contributed by atoms with Gasteiger partial charge in [-0.3, -0.25) is 29.6 Å². The van der Waals surface area contributed by atoms with Gasteiger partial charge in [0.15, 0.2) is 4.80 Å². The first kappa shape index (κ1) is 29.8. The van der Waals surface area contributed by atoms with E-state index in [1.165, 1.54) is 15.9 Å². The lowest BCUT2D eigenvalue weighted by molar-refractivity contribution is -0.394. The number of ether oxygens (including phenoxy) is 3. The molecule has 0 aliphatic carbocycles. The van der Waals surface area contributed by atoms with Gasteiger partial charge in [-0.15, -0.1) is 0 Å². The second-order valence-corrected chi connectivity index (χ2v) is 10.4. The van der Waals surface area contributed by atoms with Crippen LogP contribution in [0.25, 0.3) is 6.08 Å². The Morgan fingerprint density at radius 2 is 1.70 bits per heavy atom. The van der Waals surface area contributed by atoms with Gasteiger partial charge in [-0.25, -0.2) is 9.79 Å². The summed E-state index contributed by atoms with van der Waals surface area (Å²) in [4.78, 5) is 52.8. The predicted octanol–water partition coefficient (Wildman–Crippen LogP) is 4.42. The number of nitro groups is 2. The summed E-state index contributed by atoms with van der Waals surface area (Å²) in [5.74, 6) is 0.144. The van der Waals surface area contributed by atoms with Gasteiger partial charge in [0.25, 0.3) is 11.2 Å². The Hall–Kier alpha value is -5.63. The molecule has 0 bridgehead atoms. The van der Waals surface area contributed by atoms with Crippen molar-refractivity contribution in [1.82, 2.24) is 4.57 Å². The number of benzene rings is 3. The molecule has 1 atom stereocenters. The number of rotatable bonds is 9. The van der Waals surface area contributed by atoms with E-state index in [2.05, 4.69) is 4.99 Å². The number of carbonyl (C=O) groups is 1. The lowest BCUT2D eigenvalue weighted by atomic mass is 9.96. The van der Waals surface area contributed by atoms with Crippen molar-refractivity contribution >= 4 is 34.8 Å². The van der Waals surface area contributed by atoms with Gasteiger partial charge in [0.05, 0.1) is 51.5 Å². The quantitative estimate of drug-likeness (QED) is 0.150. The number of esters is 1. The molecule has 0 radical (unpaired) electrons. The molecule has 5 rings (SSSR count). The summed E-state index contributed by atoms with van der Waals surface area (Å²) in [6.07, 6.45) is 1.66. The number of hydrogen-bond donors (Lipinski definition) is 0. The molecule has 14 heteroatoms. The van der Waals surface area contributed by atoms with E-state index < -0.39 is 33.2 Å². The smallest absolute Gasteiger partial charge is 0.338 e. The van der Waals surface area contributed by atoms with E-state index in [9.17, 15) is 29.8 Å². The summed E-state index contributed by atoms with van der Waals surface area (Å²) in [6, 6.07) is 15.8. The molecule has 2 heterocycles. The van der Waals surface area contributed by atoms with E-state index in [1.54, 1.807) is 75.6 Å². The molecule has 4 aromatic rings. The van der Waals surface area contributed by atoms with Crippen LogP contribution in [0.4, 0.5) is 11.4 Å². The minimum Gasteiger partial charge on any atom is -0.497 e. The molecule has 1 aromatic heterocycles. The van der Waals surface area contributed by atoms with Gasteiger partial charge in [0.1, 0.15) is 11.5 Å². The highest BCUT2D eigenvalue weighted by atomic mass is 32.1. The van der Waals surface area contributed by atoms with E-state index in [0.717, 1.165) is 18.2 Å². The van der Waals surface area contributed by atoms with E-state index in [1.807, 2.05) is 0 Å². The fourth-order valence-corrected chi connectivity index (χ4v) is 5.70. The van der Waals surface area contributed by atoms with Crippen LogP contribution in [-0.4, -0.2) is 34.1 Å². The Bertz CT molecular complexity index is 2000. The Labute approximate surface area is 252 Å². The molecule has 44 heavy (non-hydrogen) atoms. The maximum atomic E-state index is 13.8. The number of carbonyl (C=O) groups excluding carboxylic acids is 1. The van der Waals surface area contributed by atoms with Crippen molar-refractivity contribution in [3.05, 3.63) is 129 Å². The van der Waals surface area contributed by atoms with E-state index in [-0.39, 0.29) is 29.2 Å². The summed E-state index contributed by atoms with van der Waals surface area (Å²) >= 11 is 1.17. The summed E-state index contributed by atoms with van der Waals surface area (Å²) in [6.45, 7) is 3.56. The highest BCUT2D eigenvalue weighted by Crippen LogP contribution is 2.35. The predicted molar refractivity (Wildman–Crippen MR) is 160 cm³/mol. The highest BCUT2D eigenvalue weighted by Gasteiger charge is 2.33. The first-order valence-electron chi connectivity index (χ1n) is 13.2. The topological polar surface area (TPSA) is 165 Å². The average Bonchev–Trinajstić information content (AvgIpc) is 3.31. The number of fused-ring (bicyclic) bond motifs is 1. The number of allylic oxidation sites excluding steroid dienone is 1. The third-order valence-corrected chi connectivity index (χ3v) is 7.69. The lowest BCUT2D eigenvalue weighted by Gasteiger charge is -2.24. The standard InChI is InChI=1S/C30H24N4O9S/c1-4-42-29(36)26-17(2)31-30-32(27(26)19-7-12-21(41-3)13-8-19)28(35)25(44-30)15-18-5-10-22(11-6-18)43-24-14-9-20(33(37)38)16-23(24)34(39)40/h5-16,27H,4H2,1-3H3. The number of methoxy groups -OCH3 is 1. The largest absolute Gasteiger partial charge is 0.497 e. The van der Waals surface area contributed by atoms with Crippen molar-refractivity contribution in [2.75, 3.05) is 13.7 Å². The number of aromatic nitrogens is 1. The molecule has 0 spiro atoms. The van der Waals surface area contributed by atoms with E-state index >= 15 is 0 Å². The van der Waals surface area contributed by atoms with Crippen molar-refractivity contribution in [2.24, 2.45) is 4.99 Å². The number of nitro benzene ring substituents is 2. The Kier molecular flexibility index (Phi) is 8.35. The molecule has 0 N–H and O–H groups in total. The maximum absolute atomic E-state index is 13.8. The van der Waals surface area contributed by atoms with Crippen LogP contribution in [0.1, 0.15) is 31.0 Å². The van der Waals surface area contributed by atoms with Gasteiger partial charge in [-0.2, -0.15) is 0 Å². The molecule has 0 saturated heterocycles. The summed E-state index contributed by atoms with van der Waals surface area (Å²) < 4.78 is 18.1. The van der Waals surface area contributed by atoms with Crippen LogP contribution in [0.2, 0.25) is 0 Å². The zero-order valence-corrected chi connectivity index (χ0v) is 24.4. The van der Waals surface area contributed by atoms with Gasteiger partial charge >= 0.3 is 11.7 Å². The number of non-ortho nitro benzene ring substituents is 1. The second kappa shape index (κ2) is 12.3. The molecular weight excluding hydrogens is 592 g/mol. The molecule has 3 aromatic carbocycles. The van der Waals surface area contributed by atoms with Crippen LogP contribution in [0.3, 0.4) is 0 Å². The molecule has 224 valence electrons. The maximum Gasteiger partial charge on any atom is 0.338 e. The van der Waals surface area contributed by atoms with Gasteiger partial charge in [0, 0.05) is 6.07 Å². The lowest BCUT2D eigenvalue weighted by Crippen LogP contribution is -2.39. The van der Waals surface area contributed by atoms with Crippen molar-refractivity contribution in [1.29, 1.82) is 0 Å². The molecule has 1 aliphatic heterocycles. The van der Waals surface area contributed by atoms with Crippen molar-refractivity contribution < 1.29 is 28.9 Å². The number of thiazole rings is 1. The molecule has 0 amide bonds. The third kappa shape index (κ3) is 5.83. The van der Waals surface area contributed by atoms with Crippen LogP contribution in [0.15, 0.2) is 87.8 Å². The van der Waals surface area contributed by atoms with Crippen molar-refractivity contribution in [3.63, 3.8) is 0 Å². The van der Waals surface area contributed by atoms with Crippen LogP contribution < -0.4 is 24.4 Å². The Morgan fingerprint density at radius 1 is 1.02 bits per heavy atom. The monoisotopic (exact) mass is 616 g/mol. The zero-order valence-electron chi connectivity index (χ0n) is 23.6. The summed E-state index contributed by atoms with van der Waals surface area (Å²) in [5.41, 5.74) is 0.677. The SMILES string of the molecule is CCOC(=O)C1=C(C)N=c2sc(=Cc3ccc(Oc4ccc([N+](=O)[O-])cc4[N+](=O)[O-])cc3)c(=O)n2C1c1ccc(OC)cc1. The minimum atomic E-state index is -0.772. The third-order valence-electron chi connectivity index (χ3n) is 6.70. The molecule has 1 unspecified atom stereocenters. The Morgan fingerprint density at radius 3 is 2.32 bits per heavy atom. The van der Waals surface area contributed by atoms with Crippen LogP contribution in [0.5, 0.6) is 17.2 Å². The van der Waals surface area contributed by atoms with Crippen LogP contribution in [0, 0.1) is 20.2 Å². The molecule has 0 saturated carbocycles. The van der Waals surface area contributed by atoms with Gasteiger partial charge < -0.3 is 14.2 Å².